The zero-order chi connectivity index (χ0) is 18.0. The van der Waals surface area contributed by atoms with Crippen molar-refractivity contribution in [2.75, 3.05) is 17.7 Å². The standard InChI is InChI=1S/C18H12ClFN2OS2/c1-22-15-4-2-3-5-17(15)25-18(22)12(9-21)16(23)10-24-11-6-7-14(20)13(19)8-11/h2-8H,10H2,1H3/b18-12-. The fourth-order valence-corrected chi connectivity index (χ4v) is 4.55. The molecule has 7 heteroatoms. The van der Waals surface area contributed by atoms with Gasteiger partial charge in [-0.2, -0.15) is 5.26 Å². The van der Waals surface area contributed by atoms with Gasteiger partial charge in [-0.05, 0) is 30.3 Å². The van der Waals surface area contributed by atoms with E-state index in [2.05, 4.69) is 0 Å². The number of Topliss-reactive ketones (excluding diaryl/α,β-unsaturated/α-hetero) is 1. The van der Waals surface area contributed by atoms with Crippen molar-refractivity contribution < 1.29 is 9.18 Å². The van der Waals surface area contributed by atoms with Crippen LogP contribution in [-0.4, -0.2) is 18.6 Å². The zero-order valence-electron chi connectivity index (χ0n) is 13.1. The molecule has 1 aliphatic heterocycles. The SMILES string of the molecule is CN1/C(=C(\C#N)C(=O)CSc2ccc(F)c(Cl)c2)Sc2ccccc21. The Kier molecular flexibility index (Phi) is 5.38. The van der Waals surface area contributed by atoms with Crippen LogP contribution in [0.25, 0.3) is 0 Å². The van der Waals surface area contributed by atoms with Gasteiger partial charge in [-0.1, -0.05) is 35.5 Å². The van der Waals surface area contributed by atoms with E-state index < -0.39 is 5.82 Å². The Balaban J connectivity index is 1.78. The third-order valence-electron chi connectivity index (χ3n) is 3.60. The van der Waals surface area contributed by atoms with Crippen LogP contribution in [0, 0.1) is 17.1 Å². The number of allylic oxidation sites excluding steroid dienone is 1. The molecule has 0 N–H and O–H groups in total. The predicted molar refractivity (Wildman–Crippen MR) is 100 cm³/mol. The summed E-state index contributed by atoms with van der Waals surface area (Å²) < 4.78 is 13.2. The molecule has 0 saturated carbocycles. The Morgan fingerprint density at radius 1 is 1.36 bits per heavy atom. The van der Waals surface area contributed by atoms with Crippen LogP contribution in [0.1, 0.15) is 0 Å². The summed E-state index contributed by atoms with van der Waals surface area (Å²) in [6.07, 6.45) is 0. The predicted octanol–water partition coefficient (Wildman–Crippen LogP) is 5.12. The van der Waals surface area contributed by atoms with Gasteiger partial charge in [-0.3, -0.25) is 4.79 Å². The number of fused-ring (bicyclic) bond motifs is 1. The maximum Gasteiger partial charge on any atom is 0.186 e. The molecule has 1 aliphatic rings. The van der Waals surface area contributed by atoms with E-state index in [0.29, 0.717) is 9.92 Å². The molecule has 1 heterocycles. The molecule has 2 aromatic rings. The highest BCUT2D eigenvalue weighted by Crippen LogP contribution is 2.46. The van der Waals surface area contributed by atoms with Gasteiger partial charge in [0.15, 0.2) is 5.78 Å². The van der Waals surface area contributed by atoms with Crippen molar-refractivity contribution in [3.8, 4) is 6.07 Å². The van der Waals surface area contributed by atoms with E-state index in [9.17, 15) is 14.4 Å². The number of ketones is 1. The molecule has 25 heavy (non-hydrogen) atoms. The molecule has 3 rings (SSSR count). The summed E-state index contributed by atoms with van der Waals surface area (Å²) in [5.41, 5.74) is 1.10. The lowest BCUT2D eigenvalue weighted by molar-refractivity contribution is -0.112. The smallest absolute Gasteiger partial charge is 0.186 e. The number of carbonyl (C=O) groups excluding carboxylic acids is 1. The lowest BCUT2D eigenvalue weighted by Gasteiger charge is -2.14. The van der Waals surface area contributed by atoms with Crippen molar-refractivity contribution in [1.82, 2.24) is 0 Å². The van der Waals surface area contributed by atoms with Crippen molar-refractivity contribution in [2.45, 2.75) is 9.79 Å². The van der Waals surface area contributed by atoms with Gasteiger partial charge < -0.3 is 4.90 Å². The van der Waals surface area contributed by atoms with Crippen molar-refractivity contribution in [1.29, 1.82) is 5.26 Å². The molecule has 2 aromatic carbocycles. The molecule has 0 aliphatic carbocycles. The average molecular weight is 391 g/mol. The van der Waals surface area contributed by atoms with Gasteiger partial charge in [-0.15, -0.1) is 11.8 Å². The Morgan fingerprint density at radius 2 is 2.12 bits per heavy atom. The highest BCUT2D eigenvalue weighted by Gasteiger charge is 2.27. The van der Waals surface area contributed by atoms with Crippen molar-refractivity contribution in [2.24, 2.45) is 0 Å². The zero-order valence-corrected chi connectivity index (χ0v) is 15.5. The normalized spacial score (nSPS) is 14.9. The van der Waals surface area contributed by atoms with E-state index in [1.807, 2.05) is 42.3 Å². The maximum atomic E-state index is 13.2. The third-order valence-corrected chi connectivity index (χ3v) is 6.12. The van der Waals surface area contributed by atoms with Gasteiger partial charge in [-0.25, -0.2) is 4.39 Å². The van der Waals surface area contributed by atoms with Crippen molar-refractivity contribution >= 4 is 46.6 Å². The molecule has 0 saturated heterocycles. The van der Waals surface area contributed by atoms with Gasteiger partial charge in [0.1, 0.15) is 22.5 Å². The largest absolute Gasteiger partial charge is 0.337 e. The van der Waals surface area contributed by atoms with E-state index in [1.54, 1.807) is 6.07 Å². The third kappa shape index (κ3) is 3.69. The average Bonchev–Trinajstić information content (AvgIpc) is 2.94. The van der Waals surface area contributed by atoms with Crippen molar-refractivity contribution in [3.63, 3.8) is 0 Å². The second kappa shape index (κ2) is 7.52. The molecular formula is C18H12ClFN2OS2. The minimum absolute atomic E-state index is 0.0119. The summed E-state index contributed by atoms with van der Waals surface area (Å²) in [7, 11) is 1.84. The first-order valence-electron chi connectivity index (χ1n) is 7.27. The van der Waals surface area contributed by atoms with E-state index in [0.717, 1.165) is 10.6 Å². The van der Waals surface area contributed by atoms with Gasteiger partial charge in [0, 0.05) is 16.8 Å². The number of para-hydroxylation sites is 1. The molecule has 0 amide bonds. The van der Waals surface area contributed by atoms with E-state index in [1.165, 1.54) is 35.7 Å². The first-order chi connectivity index (χ1) is 12.0. The number of benzene rings is 2. The fraction of sp³-hybridized carbons (Fsp3) is 0.111. The molecule has 0 radical (unpaired) electrons. The molecule has 0 bridgehead atoms. The maximum absolute atomic E-state index is 13.2. The lowest BCUT2D eigenvalue weighted by atomic mass is 10.2. The second-order valence-electron chi connectivity index (χ2n) is 5.21. The quantitative estimate of drug-likeness (QED) is 0.412. The van der Waals surface area contributed by atoms with Gasteiger partial charge >= 0.3 is 0 Å². The van der Waals surface area contributed by atoms with Gasteiger partial charge in [0.05, 0.1) is 16.5 Å². The van der Waals surface area contributed by atoms with E-state index >= 15 is 0 Å². The van der Waals surface area contributed by atoms with E-state index in [4.69, 9.17) is 11.6 Å². The minimum atomic E-state index is -0.501. The molecule has 0 atom stereocenters. The van der Waals surface area contributed by atoms with Crippen LogP contribution in [0.2, 0.25) is 5.02 Å². The van der Waals surface area contributed by atoms with Crippen LogP contribution >= 0.6 is 35.1 Å². The Bertz CT molecular complexity index is 924. The first kappa shape index (κ1) is 17.9. The molecule has 126 valence electrons. The summed E-state index contributed by atoms with van der Waals surface area (Å²) >= 11 is 8.39. The summed E-state index contributed by atoms with van der Waals surface area (Å²) in [4.78, 5) is 16.1. The van der Waals surface area contributed by atoms with Crippen LogP contribution < -0.4 is 4.90 Å². The van der Waals surface area contributed by atoms with Crippen LogP contribution in [-0.2, 0) is 4.79 Å². The number of halogens is 2. The highest BCUT2D eigenvalue weighted by molar-refractivity contribution is 8.03. The molecule has 0 unspecified atom stereocenters. The van der Waals surface area contributed by atoms with Crippen LogP contribution in [0.15, 0.2) is 62.9 Å². The first-order valence-corrected chi connectivity index (χ1v) is 9.45. The number of rotatable bonds is 4. The van der Waals surface area contributed by atoms with Crippen LogP contribution in [0.4, 0.5) is 10.1 Å². The number of nitrogens with zero attached hydrogens (tertiary/aromatic N) is 2. The lowest BCUT2D eigenvalue weighted by Crippen LogP contribution is -2.16. The molecular weight excluding hydrogens is 379 g/mol. The summed E-state index contributed by atoms with van der Waals surface area (Å²) in [5.74, 6) is -0.687. The van der Waals surface area contributed by atoms with E-state index in [-0.39, 0.29) is 22.1 Å². The molecule has 0 fully saturated rings. The number of carbonyl (C=O) groups is 1. The summed E-state index contributed by atoms with van der Waals surface area (Å²) in [6.45, 7) is 0. The number of nitriles is 1. The monoisotopic (exact) mass is 390 g/mol. The molecule has 0 aromatic heterocycles. The van der Waals surface area contributed by atoms with Gasteiger partial charge in [0.2, 0.25) is 0 Å². The minimum Gasteiger partial charge on any atom is -0.337 e. The molecule has 0 spiro atoms. The number of thioether (sulfide) groups is 2. The number of hydrogen-bond donors (Lipinski definition) is 0. The summed E-state index contributed by atoms with van der Waals surface area (Å²) in [6, 6.07) is 14.1. The number of hydrogen-bond acceptors (Lipinski definition) is 5. The highest BCUT2D eigenvalue weighted by atomic mass is 35.5. The molecule has 3 nitrogen and oxygen atoms in total. The van der Waals surface area contributed by atoms with Crippen molar-refractivity contribution in [3.05, 3.63) is 63.9 Å². The Morgan fingerprint density at radius 3 is 2.80 bits per heavy atom. The topological polar surface area (TPSA) is 44.1 Å². The van der Waals surface area contributed by atoms with Crippen LogP contribution in [0.3, 0.4) is 0 Å². The van der Waals surface area contributed by atoms with Crippen LogP contribution in [0.5, 0.6) is 0 Å². The van der Waals surface area contributed by atoms with Gasteiger partial charge in [0.25, 0.3) is 0 Å². The Hall–Kier alpha value is -1.94. The Labute approximate surface area is 158 Å². The number of anilines is 1. The summed E-state index contributed by atoms with van der Waals surface area (Å²) in [5, 5.41) is 10.1. The fourth-order valence-electron chi connectivity index (χ4n) is 2.34. The second-order valence-corrected chi connectivity index (χ2v) is 7.70.